The molecule has 2 N–H and O–H groups in total. The molecule has 1 unspecified atom stereocenters. The molecular formula is C19H14N2O4S. The van der Waals surface area contributed by atoms with Crippen LogP contribution in [0.2, 0.25) is 0 Å². The van der Waals surface area contributed by atoms with E-state index in [1.807, 2.05) is 6.08 Å². The van der Waals surface area contributed by atoms with Crippen LogP contribution in [0.15, 0.2) is 53.6 Å². The highest BCUT2D eigenvalue weighted by Crippen LogP contribution is 2.29. The van der Waals surface area contributed by atoms with E-state index in [0.29, 0.717) is 22.6 Å². The normalized spacial score (nSPS) is 20.4. The van der Waals surface area contributed by atoms with Crippen LogP contribution in [0, 0.1) is 0 Å². The Morgan fingerprint density at radius 2 is 1.69 bits per heavy atom. The number of rotatable bonds is 3. The molecule has 2 heterocycles. The number of anilines is 1. The lowest BCUT2D eigenvalue weighted by molar-refractivity contribution is -0.138. The van der Waals surface area contributed by atoms with E-state index < -0.39 is 12.0 Å². The average molecular weight is 366 g/mol. The lowest BCUT2D eigenvalue weighted by Crippen LogP contribution is -2.31. The molecule has 0 radical (unpaired) electrons. The second-order valence-corrected chi connectivity index (χ2v) is 7.00. The third kappa shape index (κ3) is 2.76. The number of nitrogens with one attached hydrogen (secondary N) is 1. The summed E-state index contributed by atoms with van der Waals surface area (Å²) in [5.41, 5.74) is 2.19. The maximum absolute atomic E-state index is 12.5. The van der Waals surface area contributed by atoms with Crippen LogP contribution >= 0.6 is 11.8 Å². The van der Waals surface area contributed by atoms with Gasteiger partial charge in [-0.05, 0) is 35.9 Å². The van der Waals surface area contributed by atoms with Gasteiger partial charge in [-0.25, -0.2) is 9.69 Å². The highest BCUT2D eigenvalue weighted by Gasteiger charge is 2.36. The number of hydrogen-bond donors (Lipinski definition) is 2. The Morgan fingerprint density at radius 1 is 1.08 bits per heavy atom. The van der Waals surface area contributed by atoms with E-state index in [2.05, 4.69) is 5.32 Å². The van der Waals surface area contributed by atoms with Gasteiger partial charge in [0.15, 0.2) is 0 Å². The van der Waals surface area contributed by atoms with E-state index in [9.17, 15) is 14.4 Å². The van der Waals surface area contributed by atoms with Crippen molar-refractivity contribution in [3.63, 3.8) is 0 Å². The van der Waals surface area contributed by atoms with Gasteiger partial charge in [0, 0.05) is 5.75 Å². The Kier molecular flexibility index (Phi) is 4.00. The number of carbonyl (C=O) groups excluding carboxylic acids is 2. The van der Waals surface area contributed by atoms with Crippen molar-refractivity contribution < 1.29 is 19.5 Å². The SMILES string of the molecule is O=C(O)C1CS/C(=C/c2ccc(N3C(=O)c4ccccc4C3=O)cc2)N1. The lowest BCUT2D eigenvalue weighted by atomic mass is 10.1. The predicted molar refractivity (Wildman–Crippen MR) is 99.0 cm³/mol. The van der Waals surface area contributed by atoms with E-state index in [-0.39, 0.29) is 11.8 Å². The molecule has 0 saturated carbocycles. The van der Waals surface area contributed by atoms with Crippen LogP contribution in [0.25, 0.3) is 6.08 Å². The molecule has 2 amide bonds. The van der Waals surface area contributed by atoms with Gasteiger partial charge in [-0.2, -0.15) is 0 Å². The van der Waals surface area contributed by atoms with Gasteiger partial charge in [0.25, 0.3) is 11.8 Å². The van der Waals surface area contributed by atoms with Crippen molar-refractivity contribution in [2.75, 3.05) is 10.7 Å². The number of fused-ring (bicyclic) bond motifs is 1. The fourth-order valence-electron chi connectivity index (χ4n) is 2.94. The number of carboxylic acids is 1. The Bertz CT molecular complexity index is 917. The molecule has 2 aromatic rings. The number of imide groups is 1. The van der Waals surface area contributed by atoms with Crippen LogP contribution in [0.3, 0.4) is 0 Å². The molecule has 2 aromatic carbocycles. The van der Waals surface area contributed by atoms with E-state index in [4.69, 9.17) is 5.11 Å². The summed E-state index contributed by atoms with van der Waals surface area (Å²) >= 11 is 1.45. The molecule has 0 spiro atoms. The van der Waals surface area contributed by atoms with Crippen LogP contribution in [-0.4, -0.2) is 34.7 Å². The predicted octanol–water partition coefficient (Wildman–Crippen LogP) is 2.58. The number of benzene rings is 2. The quantitative estimate of drug-likeness (QED) is 0.812. The topological polar surface area (TPSA) is 86.7 Å². The largest absolute Gasteiger partial charge is 0.480 e. The van der Waals surface area contributed by atoms with Crippen molar-refractivity contribution in [3.05, 3.63) is 70.3 Å². The summed E-state index contributed by atoms with van der Waals surface area (Å²) < 4.78 is 0. The Balaban J connectivity index is 1.55. The van der Waals surface area contributed by atoms with Gasteiger partial charge < -0.3 is 10.4 Å². The highest BCUT2D eigenvalue weighted by atomic mass is 32.2. The molecule has 0 aliphatic carbocycles. The number of carbonyl (C=O) groups is 3. The molecule has 7 heteroatoms. The standard InChI is InChI=1S/C19H14N2O4S/c22-17-13-3-1-2-4-14(13)18(23)21(17)12-7-5-11(6-8-12)9-16-20-15(10-26-16)19(24)25/h1-9,15,20H,10H2,(H,24,25)/b16-9+. The first kappa shape index (κ1) is 16.4. The van der Waals surface area contributed by atoms with Gasteiger partial charge in [0.1, 0.15) is 6.04 Å². The van der Waals surface area contributed by atoms with Crippen molar-refractivity contribution in [3.8, 4) is 0 Å². The number of carboxylic acid groups (broad SMARTS) is 1. The fraction of sp³-hybridized carbons (Fsp3) is 0.105. The van der Waals surface area contributed by atoms with Crippen LogP contribution < -0.4 is 10.2 Å². The molecule has 6 nitrogen and oxygen atoms in total. The molecule has 0 aromatic heterocycles. The molecule has 130 valence electrons. The van der Waals surface area contributed by atoms with Gasteiger partial charge >= 0.3 is 5.97 Å². The number of hydrogen-bond acceptors (Lipinski definition) is 5. The monoisotopic (exact) mass is 366 g/mol. The van der Waals surface area contributed by atoms with Crippen LogP contribution in [0.1, 0.15) is 26.3 Å². The molecule has 1 atom stereocenters. The zero-order valence-corrected chi connectivity index (χ0v) is 14.3. The highest BCUT2D eigenvalue weighted by molar-refractivity contribution is 8.03. The summed E-state index contributed by atoms with van der Waals surface area (Å²) in [6.07, 6.45) is 1.85. The van der Waals surface area contributed by atoms with Crippen LogP contribution in [-0.2, 0) is 4.79 Å². The molecule has 1 saturated heterocycles. The van der Waals surface area contributed by atoms with Gasteiger partial charge in [0.05, 0.1) is 21.8 Å². The number of amides is 2. The third-order valence-corrected chi connectivity index (χ3v) is 5.31. The van der Waals surface area contributed by atoms with Crippen molar-refractivity contribution in [1.82, 2.24) is 5.32 Å². The minimum absolute atomic E-state index is 0.325. The lowest BCUT2D eigenvalue weighted by Gasteiger charge is -2.14. The summed E-state index contributed by atoms with van der Waals surface area (Å²) in [7, 11) is 0. The number of thioether (sulfide) groups is 1. The van der Waals surface area contributed by atoms with Gasteiger partial charge in [0.2, 0.25) is 0 Å². The van der Waals surface area contributed by atoms with Gasteiger partial charge in [-0.1, -0.05) is 24.3 Å². The van der Waals surface area contributed by atoms with Crippen LogP contribution in [0.5, 0.6) is 0 Å². The Labute approximate surface area is 153 Å². The second kappa shape index (κ2) is 6.34. The summed E-state index contributed by atoms with van der Waals surface area (Å²) in [6.45, 7) is 0. The van der Waals surface area contributed by atoms with Crippen LogP contribution in [0.4, 0.5) is 5.69 Å². The smallest absolute Gasteiger partial charge is 0.327 e. The Hall–Kier alpha value is -3.06. The molecule has 2 aliphatic heterocycles. The van der Waals surface area contributed by atoms with E-state index >= 15 is 0 Å². The third-order valence-electron chi connectivity index (χ3n) is 4.26. The first-order valence-corrected chi connectivity index (χ1v) is 8.95. The van der Waals surface area contributed by atoms with Crippen molar-refractivity contribution in [1.29, 1.82) is 0 Å². The van der Waals surface area contributed by atoms with Crippen molar-refractivity contribution in [2.24, 2.45) is 0 Å². The minimum atomic E-state index is -0.873. The summed E-state index contributed by atoms with van der Waals surface area (Å²) in [5, 5.41) is 12.7. The average Bonchev–Trinajstić information content (AvgIpc) is 3.20. The number of aliphatic carboxylic acids is 1. The Morgan fingerprint density at radius 3 is 2.23 bits per heavy atom. The summed E-state index contributed by atoms with van der Waals surface area (Å²) in [5.74, 6) is -1.04. The van der Waals surface area contributed by atoms with E-state index in [0.717, 1.165) is 10.6 Å². The van der Waals surface area contributed by atoms with E-state index in [1.165, 1.54) is 16.7 Å². The van der Waals surface area contributed by atoms with Crippen molar-refractivity contribution in [2.45, 2.75) is 6.04 Å². The molecule has 26 heavy (non-hydrogen) atoms. The minimum Gasteiger partial charge on any atom is -0.480 e. The summed E-state index contributed by atoms with van der Waals surface area (Å²) in [6, 6.07) is 13.2. The maximum Gasteiger partial charge on any atom is 0.327 e. The first-order chi connectivity index (χ1) is 12.5. The molecule has 0 bridgehead atoms. The molecule has 2 aliphatic rings. The molecular weight excluding hydrogens is 352 g/mol. The molecule has 4 rings (SSSR count). The van der Waals surface area contributed by atoms with E-state index in [1.54, 1.807) is 48.5 Å². The summed E-state index contributed by atoms with van der Waals surface area (Å²) in [4.78, 5) is 37.1. The molecule has 1 fully saturated rings. The first-order valence-electron chi connectivity index (χ1n) is 7.96. The zero-order valence-electron chi connectivity index (χ0n) is 13.5. The number of nitrogens with zero attached hydrogens (tertiary/aromatic N) is 1. The van der Waals surface area contributed by atoms with Gasteiger partial charge in [-0.15, -0.1) is 11.8 Å². The fourth-order valence-corrected chi connectivity index (χ4v) is 3.96. The second-order valence-electron chi connectivity index (χ2n) is 5.94. The maximum atomic E-state index is 12.5. The van der Waals surface area contributed by atoms with Gasteiger partial charge in [-0.3, -0.25) is 9.59 Å². The zero-order chi connectivity index (χ0) is 18.3. The van der Waals surface area contributed by atoms with Crippen molar-refractivity contribution >= 4 is 41.3 Å².